The van der Waals surface area contributed by atoms with E-state index in [0.717, 1.165) is 23.8 Å². The average Bonchev–Trinajstić information content (AvgIpc) is 3.28. The normalized spacial score (nSPS) is 12.8. The molecular weight excluding hydrogens is 367 g/mol. The monoisotopic (exact) mass is 381 g/mol. The minimum Gasteiger partial charge on any atom is -0.472 e. The summed E-state index contributed by atoms with van der Waals surface area (Å²) in [6.07, 6.45) is 0.535. The van der Waals surface area contributed by atoms with Crippen LogP contribution < -0.4 is 5.32 Å². The summed E-state index contributed by atoms with van der Waals surface area (Å²) in [6.45, 7) is 1.39. The van der Waals surface area contributed by atoms with Crippen LogP contribution in [0.25, 0.3) is 16.8 Å². The van der Waals surface area contributed by atoms with Crippen molar-refractivity contribution in [3.8, 4) is 11.1 Å². The average molecular weight is 381 g/mol. The zero-order chi connectivity index (χ0) is 19.8. The maximum atomic E-state index is 13.5. The minimum absolute atomic E-state index is 0.246. The lowest BCUT2D eigenvalue weighted by Gasteiger charge is -2.10. The van der Waals surface area contributed by atoms with Gasteiger partial charge in [0.15, 0.2) is 0 Å². The number of methoxy groups -OCH3 is 1. The molecule has 27 heavy (non-hydrogen) atoms. The highest BCUT2D eigenvalue weighted by Crippen LogP contribution is 2.35. The molecule has 0 aromatic carbocycles. The van der Waals surface area contributed by atoms with E-state index in [-0.39, 0.29) is 11.3 Å². The van der Waals surface area contributed by atoms with E-state index in [1.54, 1.807) is 0 Å². The number of hydrogen-bond donors (Lipinski definition) is 1. The lowest BCUT2D eigenvalue weighted by molar-refractivity contribution is -0.142. The van der Waals surface area contributed by atoms with Gasteiger partial charge >= 0.3 is 12.1 Å². The highest BCUT2D eigenvalue weighted by Gasteiger charge is 2.35. The number of esters is 1. The second-order valence-electron chi connectivity index (χ2n) is 5.73. The molecule has 1 atom stereocenters. The summed E-state index contributed by atoms with van der Waals surface area (Å²) in [5, 5.41) is 2.32. The van der Waals surface area contributed by atoms with Crippen LogP contribution in [-0.2, 0) is 15.7 Å². The van der Waals surface area contributed by atoms with Gasteiger partial charge in [0.05, 0.1) is 25.2 Å². The van der Waals surface area contributed by atoms with Crippen LogP contribution in [0.5, 0.6) is 0 Å². The van der Waals surface area contributed by atoms with Gasteiger partial charge in [0, 0.05) is 23.5 Å². The predicted molar refractivity (Wildman–Crippen MR) is 86.8 cm³/mol. The number of rotatable bonds is 4. The van der Waals surface area contributed by atoms with Crippen LogP contribution >= 0.6 is 0 Å². The van der Waals surface area contributed by atoms with Crippen molar-refractivity contribution in [2.75, 3.05) is 7.11 Å². The van der Waals surface area contributed by atoms with E-state index in [2.05, 4.69) is 15.0 Å². The van der Waals surface area contributed by atoms with Crippen molar-refractivity contribution < 1.29 is 31.9 Å². The molecule has 0 aliphatic rings. The van der Waals surface area contributed by atoms with E-state index < -0.39 is 35.3 Å². The fraction of sp³-hybridized carbons (Fsp3) is 0.235. The lowest BCUT2D eigenvalue weighted by Crippen LogP contribution is -2.39. The Morgan fingerprint density at radius 1 is 1.30 bits per heavy atom. The van der Waals surface area contributed by atoms with E-state index >= 15 is 0 Å². The third-order valence-corrected chi connectivity index (χ3v) is 3.85. The van der Waals surface area contributed by atoms with Crippen molar-refractivity contribution >= 4 is 17.5 Å². The summed E-state index contributed by atoms with van der Waals surface area (Å²) in [6, 6.07) is 1.48. The predicted octanol–water partition coefficient (Wildman–Crippen LogP) is 2.90. The maximum absolute atomic E-state index is 13.5. The van der Waals surface area contributed by atoms with Crippen molar-refractivity contribution in [3.63, 3.8) is 0 Å². The number of fused-ring (bicyclic) bond motifs is 1. The molecule has 0 aliphatic heterocycles. The van der Waals surface area contributed by atoms with Gasteiger partial charge in [0.2, 0.25) is 0 Å². The Hall–Kier alpha value is -3.30. The van der Waals surface area contributed by atoms with Gasteiger partial charge in [0.1, 0.15) is 17.4 Å². The Kier molecular flexibility index (Phi) is 4.64. The highest BCUT2D eigenvalue weighted by atomic mass is 19.4. The van der Waals surface area contributed by atoms with E-state index in [0.29, 0.717) is 5.56 Å². The number of alkyl halides is 3. The van der Waals surface area contributed by atoms with E-state index in [4.69, 9.17) is 4.42 Å². The van der Waals surface area contributed by atoms with Crippen LogP contribution in [0, 0.1) is 0 Å². The topological polar surface area (TPSA) is 85.8 Å². The Morgan fingerprint density at radius 2 is 2.04 bits per heavy atom. The van der Waals surface area contributed by atoms with Gasteiger partial charge in [-0.15, -0.1) is 0 Å². The molecule has 142 valence electrons. The van der Waals surface area contributed by atoms with E-state index in [9.17, 15) is 22.8 Å². The number of carbonyl (C=O) groups is 2. The van der Waals surface area contributed by atoms with Gasteiger partial charge in [-0.1, -0.05) is 0 Å². The molecule has 1 amide bonds. The lowest BCUT2D eigenvalue weighted by atomic mass is 10.1. The summed E-state index contributed by atoms with van der Waals surface area (Å²) in [5.74, 6) is -1.49. The fourth-order valence-corrected chi connectivity index (χ4v) is 2.51. The van der Waals surface area contributed by atoms with Gasteiger partial charge in [-0.3, -0.25) is 4.79 Å². The zero-order valence-corrected chi connectivity index (χ0v) is 14.2. The summed E-state index contributed by atoms with van der Waals surface area (Å²) in [7, 11) is 1.16. The first-order valence-corrected chi connectivity index (χ1v) is 7.72. The molecule has 0 bridgehead atoms. The number of nitrogens with one attached hydrogen (secondary N) is 1. The van der Waals surface area contributed by atoms with E-state index in [1.807, 2.05) is 0 Å². The fourth-order valence-electron chi connectivity index (χ4n) is 2.51. The smallest absolute Gasteiger partial charge is 0.420 e. The summed E-state index contributed by atoms with van der Waals surface area (Å²) in [5.41, 5.74) is -0.996. The summed E-state index contributed by atoms with van der Waals surface area (Å²) in [4.78, 5) is 27.4. The number of amides is 1. The second-order valence-corrected chi connectivity index (χ2v) is 5.73. The number of ether oxygens (including phenoxy) is 1. The number of imidazole rings is 1. The Bertz CT molecular complexity index is 993. The number of hydrogen-bond acceptors (Lipinski definition) is 5. The van der Waals surface area contributed by atoms with Crippen molar-refractivity contribution in [3.05, 3.63) is 48.3 Å². The molecular formula is C17H14F3N3O4. The Balaban J connectivity index is 2.05. The molecule has 0 saturated carbocycles. The van der Waals surface area contributed by atoms with Crippen LogP contribution in [0.15, 0.2) is 41.5 Å². The first-order valence-electron chi connectivity index (χ1n) is 7.72. The molecule has 3 heterocycles. The standard InChI is InChI=1S/C17H14F3N3O4/c1-9(16(25)26-2)21-15(24)13-7-23-6-11(10-3-4-27-8-10)5-12(14(23)22-13)17(18,19)20/h3-9H,1-2H3,(H,21,24). The summed E-state index contributed by atoms with van der Waals surface area (Å²) < 4.78 is 50.9. The van der Waals surface area contributed by atoms with Crippen molar-refractivity contribution in [1.29, 1.82) is 0 Å². The summed E-state index contributed by atoms with van der Waals surface area (Å²) >= 11 is 0. The highest BCUT2D eigenvalue weighted by molar-refractivity contribution is 5.95. The molecule has 7 nitrogen and oxygen atoms in total. The quantitative estimate of drug-likeness (QED) is 0.703. The van der Waals surface area contributed by atoms with Gasteiger partial charge in [0.25, 0.3) is 5.91 Å². The molecule has 0 aliphatic carbocycles. The van der Waals surface area contributed by atoms with Crippen molar-refractivity contribution in [2.24, 2.45) is 0 Å². The SMILES string of the molecule is COC(=O)C(C)NC(=O)c1cn2cc(-c3ccoc3)cc(C(F)(F)F)c2n1. The largest absolute Gasteiger partial charge is 0.472 e. The number of pyridine rings is 1. The molecule has 3 aromatic heterocycles. The number of aromatic nitrogens is 2. The third-order valence-electron chi connectivity index (χ3n) is 3.85. The third kappa shape index (κ3) is 3.64. The van der Waals surface area contributed by atoms with Crippen molar-refractivity contribution in [2.45, 2.75) is 19.1 Å². The molecule has 0 radical (unpaired) electrons. The number of halogens is 3. The molecule has 3 rings (SSSR count). The zero-order valence-electron chi connectivity index (χ0n) is 14.2. The molecule has 10 heteroatoms. The Labute approximate surface area is 150 Å². The van der Waals surface area contributed by atoms with Crippen LogP contribution in [-0.4, -0.2) is 34.4 Å². The molecule has 0 spiro atoms. The van der Waals surface area contributed by atoms with Gasteiger partial charge in [-0.05, 0) is 19.1 Å². The van der Waals surface area contributed by atoms with E-state index in [1.165, 1.54) is 31.7 Å². The van der Waals surface area contributed by atoms with Crippen LogP contribution in [0.3, 0.4) is 0 Å². The molecule has 0 fully saturated rings. The first kappa shape index (κ1) is 18.5. The molecule has 3 aromatic rings. The number of nitrogens with zero attached hydrogens (tertiary/aromatic N) is 2. The Morgan fingerprint density at radius 3 is 2.63 bits per heavy atom. The first-order chi connectivity index (χ1) is 12.7. The van der Waals surface area contributed by atoms with Gasteiger partial charge < -0.3 is 18.9 Å². The molecule has 1 N–H and O–H groups in total. The maximum Gasteiger partial charge on any atom is 0.420 e. The van der Waals surface area contributed by atoms with Crippen LogP contribution in [0.4, 0.5) is 13.2 Å². The number of carbonyl (C=O) groups excluding carboxylic acids is 2. The van der Waals surface area contributed by atoms with Gasteiger partial charge in [-0.25, -0.2) is 9.78 Å². The second kappa shape index (κ2) is 6.78. The molecule has 0 saturated heterocycles. The van der Waals surface area contributed by atoms with Crippen LogP contribution in [0.2, 0.25) is 0 Å². The number of furan rings is 1. The van der Waals surface area contributed by atoms with Gasteiger partial charge in [-0.2, -0.15) is 13.2 Å². The van der Waals surface area contributed by atoms with Crippen LogP contribution in [0.1, 0.15) is 23.0 Å². The molecule has 1 unspecified atom stereocenters. The van der Waals surface area contributed by atoms with Crippen molar-refractivity contribution in [1.82, 2.24) is 14.7 Å². The minimum atomic E-state index is -4.68.